The summed E-state index contributed by atoms with van der Waals surface area (Å²) in [7, 11) is 1.67. The second kappa shape index (κ2) is 6.01. The Kier molecular flexibility index (Phi) is 4.13. The summed E-state index contributed by atoms with van der Waals surface area (Å²) >= 11 is 0. The van der Waals surface area contributed by atoms with Gasteiger partial charge in [0.25, 0.3) is 0 Å². The predicted molar refractivity (Wildman–Crippen MR) is 76.1 cm³/mol. The van der Waals surface area contributed by atoms with Crippen LogP contribution in [0.4, 0.5) is 5.69 Å². The average Bonchev–Trinajstić information content (AvgIpc) is 2.46. The molecule has 0 heterocycles. The molecule has 0 saturated heterocycles. The average molecular weight is 239 g/mol. The topological polar surface area (TPSA) is 21.6 Å². The van der Waals surface area contributed by atoms with Crippen LogP contribution in [-0.2, 0) is 6.42 Å². The lowest BCUT2D eigenvalue weighted by molar-refractivity contribution is 0.414. The molecule has 18 heavy (non-hydrogen) atoms. The molecule has 0 radical (unpaired) electrons. The van der Waals surface area contributed by atoms with Crippen LogP contribution in [0.25, 0.3) is 0 Å². The van der Waals surface area contributed by atoms with Gasteiger partial charge in [0.2, 0.25) is 0 Å². The van der Waals surface area contributed by atoms with E-state index in [4.69, 9.17) is 4.74 Å². The molecule has 0 amide bonds. The number of aryl methyl sites for hydroxylation is 1. The second-order valence-electron chi connectivity index (χ2n) is 4.02. The number of para-hydroxylation sites is 1. The van der Waals surface area contributed by atoms with E-state index in [-0.39, 0.29) is 0 Å². The maximum absolute atomic E-state index is 5.28. The molecule has 2 nitrogen and oxygen atoms in total. The van der Waals surface area contributed by atoms with Gasteiger partial charge in [-0.1, -0.05) is 31.2 Å². The van der Waals surface area contributed by atoms with Crippen molar-refractivity contribution in [1.29, 1.82) is 0 Å². The molecule has 0 fully saturated rings. The lowest BCUT2D eigenvalue weighted by Crippen LogP contribution is -1.89. The molecule has 0 aliphatic heterocycles. The standard InChI is InChI=1S/C16H17NO/c1-3-13-8-10-15(11-9-13)17-12-14-6-4-5-7-16(14)18-2/h4-12H,3H2,1-2H3. The molecule has 0 aliphatic carbocycles. The number of benzene rings is 2. The quantitative estimate of drug-likeness (QED) is 0.739. The van der Waals surface area contributed by atoms with E-state index in [2.05, 4.69) is 24.0 Å². The number of hydrogen-bond donors (Lipinski definition) is 0. The van der Waals surface area contributed by atoms with Gasteiger partial charge in [0.05, 0.1) is 12.8 Å². The molecular weight excluding hydrogens is 222 g/mol. The van der Waals surface area contributed by atoms with Crippen LogP contribution in [0.5, 0.6) is 5.75 Å². The van der Waals surface area contributed by atoms with Gasteiger partial charge in [-0.2, -0.15) is 0 Å². The van der Waals surface area contributed by atoms with E-state index >= 15 is 0 Å². The summed E-state index contributed by atoms with van der Waals surface area (Å²) < 4.78 is 5.28. The van der Waals surface area contributed by atoms with Gasteiger partial charge in [0.15, 0.2) is 0 Å². The van der Waals surface area contributed by atoms with Gasteiger partial charge < -0.3 is 4.74 Å². The third kappa shape index (κ3) is 2.98. The fraction of sp³-hybridized carbons (Fsp3) is 0.188. The van der Waals surface area contributed by atoms with Crippen LogP contribution in [-0.4, -0.2) is 13.3 Å². The molecule has 92 valence electrons. The van der Waals surface area contributed by atoms with E-state index in [1.54, 1.807) is 7.11 Å². The Balaban J connectivity index is 2.19. The maximum Gasteiger partial charge on any atom is 0.127 e. The summed E-state index contributed by atoms with van der Waals surface area (Å²) in [4.78, 5) is 4.46. The van der Waals surface area contributed by atoms with E-state index in [9.17, 15) is 0 Å². The second-order valence-corrected chi connectivity index (χ2v) is 4.02. The third-order valence-corrected chi connectivity index (χ3v) is 2.84. The van der Waals surface area contributed by atoms with Crippen molar-refractivity contribution >= 4 is 11.9 Å². The van der Waals surface area contributed by atoms with Crippen molar-refractivity contribution in [2.75, 3.05) is 7.11 Å². The van der Waals surface area contributed by atoms with Crippen molar-refractivity contribution in [2.24, 2.45) is 4.99 Å². The maximum atomic E-state index is 5.28. The van der Waals surface area contributed by atoms with Gasteiger partial charge in [-0.05, 0) is 36.2 Å². The first-order valence-corrected chi connectivity index (χ1v) is 6.09. The van der Waals surface area contributed by atoms with Gasteiger partial charge in [-0.3, -0.25) is 4.99 Å². The van der Waals surface area contributed by atoms with Crippen molar-refractivity contribution < 1.29 is 4.74 Å². The highest BCUT2D eigenvalue weighted by atomic mass is 16.5. The van der Waals surface area contributed by atoms with Crippen LogP contribution in [0.1, 0.15) is 18.1 Å². The van der Waals surface area contributed by atoms with Crippen LogP contribution < -0.4 is 4.74 Å². The third-order valence-electron chi connectivity index (χ3n) is 2.84. The molecule has 0 N–H and O–H groups in total. The molecule has 0 bridgehead atoms. The number of hydrogen-bond acceptors (Lipinski definition) is 2. The van der Waals surface area contributed by atoms with Crippen LogP contribution in [0.2, 0.25) is 0 Å². The van der Waals surface area contributed by atoms with Gasteiger partial charge in [0.1, 0.15) is 5.75 Å². The van der Waals surface area contributed by atoms with Crippen molar-refractivity contribution in [3.8, 4) is 5.75 Å². The Bertz CT molecular complexity index is 529. The highest BCUT2D eigenvalue weighted by Gasteiger charge is 1.97. The molecule has 2 aromatic carbocycles. The molecule has 2 rings (SSSR count). The molecule has 0 aromatic heterocycles. The largest absolute Gasteiger partial charge is 0.496 e. The Morgan fingerprint density at radius 1 is 1.06 bits per heavy atom. The van der Waals surface area contributed by atoms with Crippen LogP contribution in [0, 0.1) is 0 Å². The lowest BCUT2D eigenvalue weighted by atomic mass is 10.1. The highest BCUT2D eigenvalue weighted by molar-refractivity contribution is 5.85. The monoisotopic (exact) mass is 239 g/mol. The van der Waals surface area contributed by atoms with Gasteiger partial charge >= 0.3 is 0 Å². The minimum atomic E-state index is 0.839. The Morgan fingerprint density at radius 2 is 1.78 bits per heavy atom. The fourth-order valence-corrected chi connectivity index (χ4v) is 1.73. The van der Waals surface area contributed by atoms with Crippen LogP contribution in [0.3, 0.4) is 0 Å². The summed E-state index contributed by atoms with van der Waals surface area (Å²) in [6.07, 6.45) is 2.89. The van der Waals surface area contributed by atoms with Gasteiger partial charge in [-0.15, -0.1) is 0 Å². The smallest absolute Gasteiger partial charge is 0.127 e. The van der Waals surface area contributed by atoms with Crippen LogP contribution >= 0.6 is 0 Å². The van der Waals surface area contributed by atoms with Crippen LogP contribution in [0.15, 0.2) is 53.5 Å². The molecule has 0 aliphatic rings. The summed E-state index contributed by atoms with van der Waals surface area (Å²) in [5, 5.41) is 0. The number of aliphatic imine (C=N–C) groups is 1. The Hall–Kier alpha value is -2.09. The zero-order valence-corrected chi connectivity index (χ0v) is 10.8. The first-order valence-electron chi connectivity index (χ1n) is 6.09. The van der Waals surface area contributed by atoms with E-state index < -0.39 is 0 Å². The molecular formula is C16H17NO. The van der Waals surface area contributed by atoms with E-state index in [1.165, 1.54) is 5.56 Å². The first kappa shape index (κ1) is 12.4. The van der Waals surface area contributed by atoms with Crippen molar-refractivity contribution in [3.63, 3.8) is 0 Å². The Morgan fingerprint density at radius 3 is 2.44 bits per heavy atom. The normalized spacial score (nSPS) is 10.8. The zero-order chi connectivity index (χ0) is 12.8. The SMILES string of the molecule is CCc1ccc(N=Cc2ccccc2OC)cc1. The summed E-state index contributed by atoms with van der Waals surface area (Å²) in [5.41, 5.74) is 3.27. The van der Waals surface area contributed by atoms with Gasteiger partial charge in [0, 0.05) is 11.8 Å². The van der Waals surface area contributed by atoms with E-state index in [0.717, 1.165) is 23.4 Å². The number of ether oxygens (including phenoxy) is 1. The van der Waals surface area contributed by atoms with Gasteiger partial charge in [-0.25, -0.2) is 0 Å². The molecule has 0 unspecified atom stereocenters. The summed E-state index contributed by atoms with van der Waals surface area (Å²) in [6.45, 7) is 2.15. The minimum absolute atomic E-state index is 0.839. The highest BCUT2D eigenvalue weighted by Crippen LogP contribution is 2.17. The Labute approximate surface area is 108 Å². The molecule has 2 heteroatoms. The van der Waals surface area contributed by atoms with E-state index in [1.807, 2.05) is 42.6 Å². The minimum Gasteiger partial charge on any atom is -0.496 e. The van der Waals surface area contributed by atoms with Crippen molar-refractivity contribution in [3.05, 3.63) is 59.7 Å². The molecule has 0 atom stereocenters. The number of nitrogens with zero attached hydrogens (tertiary/aromatic N) is 1. The molecule has 2 aromatic rings. The summed E-state index contributed by atoms with van der Waals surface area (Å²) in [5.74, 6) is 0.839. The fourth-order valence-electron chi connectivity index (χ4n) is 1.73. The summed E-state index contributed by atoms with van der Waals surface area (Å²) in [6, 6.07) is 16.1. The molecule has 0 saturated carbocycles. The molecule has 0 spiro atoms. The first-order chi connectivity index (χ1) is 8.83. The van der Waals surface area contributed by atoms with E-state index in [0.29, 0.717) is 0 Å². The number of rotatable bonds is 4. The number of methoxy groups -OCH3 is 1. The lowest BCUT2D eigenvalue weighted by Gasteiger charge is -2.03. The zero-order valence-electron chi connectivity index (χ0n) is 10.8. The predicted octanol–water partition coefficient (Wildman–Crippen LogP) is 4.01. The van der Waals surface area contributed by atoms with Crippen molar-refractivity contribution in [1.82, 2.24) is 0 Å². The van der Waals surface area contributed by atoms with Crippen molar-refractivity contribution in [2.45, 2.75) is 13.3 Å².